The van der Waals surface area contributed by atoms with Crippen LogP contribution in [-0.4, -0.2) is 68.6 Å². The van der Waals surface area contributed by atoms with E-state index in [2.05, 4.69) is 5.32 Å². The van der Waals surface area contributed by atoms with Crippen molar-refractivity contribution in [2.75, 3.05) is 40.0 Å². The molecule has 0 bridgehead atoms. The van der Waals surface area contributed by atoms with Crippen LogP contribution in [0.25, 0.3) is 0 Å². The molecule has 1 atom stereocenters. The normalized spacial score (nSPS) is 15.8. The molecule has 0 aromatic heterocycles. The highest BCUT2D eigenvalue weighted by atomic mass is 35.5. The quantitative estimate of drug-likeness (QED) is 0.302. The maximum Gasteiger partial charge on any atom is 0.349 e. The molecule has 2 aromatic rings. The summed E-state index contributed by atoms with van der Waals surface area (Å²) in [6.07, 6.45) is 0.522. The van der Waals surface area contributed by atoms with Gasteiger partial charge < -0.3 is 24.3 Å². The molecule has 0 radical (unpaired) electrons. The third-order valence-electron chi connectivity index (χ3n) is 5.41. The largest absolute Gasteiger partial charge is 0.493 e. The molecule has 1 aliphatic heterocycles. The molecule has 1 aliphatic rings. The van der Waals surface area contributed by atoms with E-state index < -0.39 is 11.6 Å². The van der Waals surface area contributed by atoms with Crippen LogP contribution in [0.2, 0.25) is 10.0 Å². The van der Waals surface area contributed by atoms with Crippen LogP contribution in [0, 0.1) is 0 Å². The zero-order valence-electron chi connectivity index (χ0n) is 21.3. The summed E-state index contributed by atoms with van der Waals surface area (Å²) in [7, 11) is 1.52. The summed E-state index contributed by atoms with van der Waals surface area (Å²) in [6.45, 7) is 7.04. The lowest BCUT2D eigenvalue weighted by Crippen LogP contribution is -2.39. The Morgan fingerprint density at radius 1 is 1.16 bits per heavy atom. The monoisotopic (exact) mass is 554 g/mol. The highest BCUT2D eigenvalue weighted by Gasteiger charge is 2.33. The third-order valence-corrected chi connectivity index (χ3v) is 5.96. The molecule has 0 saturated carbocycles. The molecule has 0 spiro atoms. The summed E-state index contributed by atoms with van der Waals surface area (Å²) in [6, 6.07) is 10.2. The van der Waals surface area contributed by atoms with E-state index in [0.717, 1.165) is 5.75 Å². The molecule has 11 heteroatoms. The number of esters is 1. The van der Waals surface area contributed by atoms with Gasteiger partial charge in [0.2, 0.25) is 0 Å². The maximum absolute atomic E-state index is 12.4. The molecule has 1 heterocycles. The van der Waals surface area contributed by atoms with Crippen molar-refractivity contribution in [1.82, 2.24) is 10.4 Å². The van der Waals surface area contributed by atoms with Gasteiger partial charge in [-0.3, -0.25) is 9.63 Å². The van der Waals surface area contributed by atoms with Gasteiger partial charge in [-0.05, 0) is 57.5 Å². The zero-order valence-corrected chi connectivity index (χ0v) is 22.9. The predicted molar refractivity (Wildman–Crippen MR) is 140 cm³/mol. The Kier molecular flexibility index (Phi) is 10.3. The second-order valence-electron chi connectivity index (χ2n) is 8.77. The molecule has 2 aromatic carbocycles. The van der Waals surface area contributed by atoms with E-state index in [9.17, 15) is 9.59 Å². The van der Waals surface area contributed by atoms with E-state index >= 15 is 0 Å². The van der Waals surface area contributed by atoms with Crippen LogP contribution in [0.15, 0.2) is 36.4 Å². The molecular formula is C26H32Cl2N2O7. The Bertz CT molecular complexity index is 1080. The summed E-state index contributed by atoms with van der Waals surface area (Å²) in [5.74, 6) is 0.319. The van der Waals surface area contributed by atoms with Crippen LogP contribution in [0.1, 0.15) is 37.6 Å². The van der Waals surface area contributed by atoms with Crippen LogP contribution in [0.5, 0.6) is 17.2 Å². The van der Waals surface area contributed by atoms with Gasteiger partial charge in [-0.1, -0.05) is 23.2 Å². The fourth-order valence-electron chi connectivity index (χ4n) is 3.54. The Morgan fingerprint density at radius 3 is 2.57 bits per heavy atom. The summed E-state index contributed by atoms with van der Waals surface area (Å²) in [5.41, 5.74) is -1.04. The molecule has 1 unspecified atom stereocenters. The minimum atomic E-state index is -1.29. The topological polar surface area (TPSA) is 95.6 Å². The molecule has 37 heavy (non-hydrogen) atoms. The molecule has 1 amide bonds. The van der Waals surface area contributed by atoms with Gasteiger partial charge >= 0.3 is 5.97 Å². The number of nitrogens with one attached hydrogen (secondary N) is 1. The van der Waals surface area contributed by atoms with Crippen molar-refractivity contribution < 1.29 is 33.4 Å². The molecule has 3 rings (SSSR count). The smallest absolute Gasteiger partial charge is 0.349 e. The summed E-state index contributed by atoms with van der Waals surface area (Å²) < 4.78 is 22.8. The average Bonchev–Trinajstić information content (AvgIpc) is 3.31. The number of carbonyl (C=O) groups excluding carboxylic acids is 2. The number of nitrogens with zero attached hydrogens (tertiary/aromatic N) is 1. The Balaban J connectivity index is 1.57. The van der Waals surface area contributed by atoms with Gasteiger partial charge in [-0.15, -0.1) is 0 Å². The van der Waals surface area contributed by atoms with Gasteiger partial charge in [0.15, 0.2) is 5.60 Å². The number of ether oxygens (including phenoxy) is 4. The van der Waals surface area contributed by atoms with Crippen molar-refractivity contribution in [3.63, 3.8) is 0 Å². The number of carbonyl (C=O) groups is 2. The van der Waals surface area contributed by atoms with Crippen molar-refractivity contribution in [3.8, 4) is 17.2 Å². The standard InChI is InChI=1S/C26H32Cl2N2O7/c1-5-33-25(32)26(2,3)37-23-14-22(20(13-21(23)28)24(31)29-4)34-12-6-11-30-15-19(16-35-30)36-18-9-7-17(27)8-10-18/h7-10,13-14,19H,5-6,11-12,15-16H2,1-4H3,(H,29,31). The van der Waals surface area contributed by atoms with Gasteiger partial charge in [0.1, 0.15) is 30.0 Å². The van der Waals surface area contributed by atoms with Crippen LogP contribution < -0.4 is 19.5 Å². The Hall–Kier alpha value is -2.72. The van der Waals surface area contributed by atoms with E-state index in [-0.39, 0.29) is 40.7 Å². The highest BCUT2D eigenvalue weighted by molar-refractivity contribution is 6.32. The molecule has 0 aliphatic carbocycles. The van der Waals surface area contributed by atoms with E-state index in [0.29, 0.717) is 37.7 Å². The van der Waals surface area contributed by atoms with Crippen LogP contribution in [0.3, 0.4) is 0 Å². The lowest BCUT2D eigenvalue weighted by atomic mass is 10.1. The van der Waals surface area contributed by atoms with Crippen LogP contribution in [0.4, 0.5) is 0 Å². The lowest BCUT2D eigenvalue weighted by Gasteiger charge is -2.25. The Labute approximate surface area is 226 Å². The fraction of sp³-hybridized carbons (Fsp3) is 0.462. The van der Waals surface area contributed by atoms with Gasteiger partial charge in [-0.25, -0.2) is 4.79 Å². The molecule has 1 N–H and O–H groups in total. The third kappa shape index (κ3) is 8.13. The number of hydroxylamine groups is 2. The second-order valence-corrected chi connectivity index (χ2v) is 9.61. The number of halogens is 2. The first-order chi connectivity index (χ1) is 17.6. The van der Waals surface area contributed by atoms with E-state index in [4.69, 9.17) is 47.0 Å². The first-order valence-electron chi connectivity index (χ1n) is 12.0. The zero-order chi connectivity index (χ0) is 27.0. The lowest BCUT2D eigenvalue weighted by molar-refractivity contribution is -0.158. The molecule has 9 nitrogen and oxygen atoms in total. The molecule has 202 valence electrons. The van der Waals surface area contributed by atoms with Crippen molar-refractivity contribution in [2.45, 2.75) is 38.9 Å². The van der Waals surface area contributed by atoms with Crippen molar-refractivity contribution in [3.05, 3.63) is 52.0 Å². The molecule has 1 saturated heterocycles. The minimum Gasteiger partial charge on any atom is -0.493 e. The second kappa shape index (κ2) is 13.2. The maximum atomic E-state index is 12.4. The van der Waals surface area contributed by atoms with E-state index in [1.54, 1.807) is 32.9 Å². The number of hydrogen-bond acceptors (Lipinski definition) is 8. The van der Waals surface area contributed by atoms with E-state index in [1.807, 2.05) is 17.2 Å². The fourth-order valence-corrected chi connectivity index (χ4v) is 3.87. The number of amides is 1. The summed E-state index contributed by atoms with van der Waals surface area (Å²) in [4.78, 5) is 30.4. The number of hydrogen-bond donors (Lipinski definition) is 1. The Morgan fingerprint density at radius 2 is 1.89 bits per heavy atom. The number of rotatable bonds is 12. The summed E-state index contributed by atoms with van der Waals surface area (Å²) in [5, 5.41) is 5.21. The molecule has 1 fully saturated rings. The first-order valence-corrected chi connectivity index (χ1v) is 12.7. The molecular weight excluding hydrogens is 523 g/mol. The average molecular weight is 555 g/mol. The first kappa shape index (κ1) is 28.8. The van der Waals surface area contributed by atoms with Gasteiger partial charge in [-0.2, -0.15) is 5.06 Å². The van der Waals surface area contributed by atoms with Gasteiger partial charge in [0, 0.05) is 24.7 Å². The SMILES string of the molecule is CCOC(=O)C(C)(C)Oc1cc(OCCCN2CC(Oc3ccc(Cl)cc3)CO2)c(C(=O)NC)cc1Cl. The summed E-state index contributed by atoms with van der Waals surface area (Å²) >= 11 is 12.3. The predicted octanol–water partition coefficient (Wildman–Crippen LogP) is 4.54. The number of benzene rings is 2. The van der Waals surface area contributed by atoms with Gasteiger partial charge in [0.05, 0.1) is 30.3 Å². The van der Waals surface area contributed by atoms with Crippen molar-refractivity contribution >= 4 is 35.1 Å². The highest BCUT2D eigenvalue weighted by Crippen LogP contribution is 2.35. The van der Waals surface area contributed by atoms with Crippen LogP contribution in [-0.2, 0) is 14.4 Å². The minimum absolute atomic E-state index is 0.0966. The van der Waals surface area contributed by atoms with Crippen molar-refractivity contribution in [2.24, 2.45) is 0 Å². The van der Waals surface area contributed by atoms with Crippen molar-refractivity contribution in [1.29, 1.82) is 0 Å². The van der Waals surface area contributed by atoms with E-state index in [1.165, 1.54) is 19.2 Å². The van der Waals surface area contributed by atoms with Gasteiger partial charge in [0.25, 0.3) is 5.91 Å². The van der Waals surface area contributed by atoms with Crippen LogP contribution >= 0.6 is 23.2 Å².